The minimum atomic E-state index is -0.0298. The van der Waals surface area contributed by atoms with Crippen LogP contribution >= 0.6 is 23.4 Å². The lowest BCUT2D eigenvalue weighted by atomic mass is 10.2. The van der Waals surface area contributed by atoms with E-state index in [2.05, 4.69) is 48.6 Å². The van der Waals surface area contributed by atoms with E-state index in [4.69, 9.17) is 17.4 Å². The van der Waals surface area contributed by atoms with Gasteiger partial charge in [0.05, 0.1) is 23.0 Å². The lowest BCUT2D eigenvalue weighted by Crippen LogP contribution is -2.31. The first-order valence-electron chi connectivity index (χ1n) is 7.02. The van der Waals surface area contributed by atoms with Gasteiger partial charge in [-0.05, 0) is 25.5 Å². The third-order valence-corrected chi connectivity index (χ3v) is 4.63. The number of hydrazine groups is 1. The lowest BCUT2D eigenvalue weighted by Gasteiger charge is -2.18. The summed E-state index contributed by atoms with van der Waals surface area (Å²) in [5, 5.41) is 4.98. The molecule has 1 aromatic carbocycles. The summed E-state index contributed by atoms with van der Waals surface area (Å²) in [4.78, 5) is 1.22. The molecule has 1 atom stereocenters. The molecular formula is C15H21ClN4S. The van der Waals surface area contributed by atoms with Gasteiger partial charge < -0.3 is 0 Å². The molecule has 1 heterocycles. The van der Waals surface area contributed by atoms with Crippen LogP contribution in [0, 0.1) is 6.92 Å². The van der Waals surface area contributed by atoms with E-state index >= 15 is 0 Å². The fourth-order valence-electron chi connectivity index (χ4n) is 2.13. The molecule has 0 fully saturated rings. The molecule has 1 unspecified atom stereocenters. The maximum Gasteiger partial charge on any atom is 0.0834 e. The summed E-state index contributed by atoms with van der Waals surface area (Å²) >= 11 is 8.02. The van der Waals surface area contributed by atoms with Crippen molar-refractivity contribution in [3.63, 3.8) is 0 Å². The molecule has 114 valence electrons. The Balaban J connectivity index is 2.09. The van der Waals surface area contributed by atoms with E-state index < -0.39 is 0 Å². The van der Waals surface area contributed by atoms with Gasteiger partial charge in [0.2, 0.25) is 0 Å². The number of benzene rings is 1. The van der Waals surface area contributed by atoms with Gasteiger partial charge in [0.25, 0.3) is 0 Å². The average molecular weight is 325 g/mol. The largest absolute Gasteiger partial charge is 0.271 e. The number of aromatic nitrogens is 2. The number of rotatable bonds is 7. The molecule has 0 aliphatic heterocycles. The highest BCUT2D eigenvalue weighted by molar-refractivity contribution is 7.99. The topological polar surface area (TPSA) is 55.9 Å². The zero-order chi connectivity index (χ0) is 15.2. The van der Waals surface area contributed by atoms with Crippen molar-refractivity contribution in [3.8, 4) is 0 Å². The molecule has 0 amide bonds. The number of hydrogen-bond donors (Lipinski definition) is 2. The van der Waals surface area contributed by atoms with Crippen molar-refractivity contribution < 1.29 is 0 Å². The molecule has 0 saturated carbocycles. The van der Waals surface area contributed by atoms with Crippen LogP contribution in [0.2, 0.25) is 5.02 Å². The average Bonchev–Trinajstić information content (AvgIpc) is 2.84. The Morgan fingerprint density at radius 2 is 2.10 bits per heavy atom. The Morgan fingerprint density at radius 3 is 2.71 bits per heavy atom. The van der Waals surface area contributed by atoms with Gasteiger partial charge in [-0.1, -0.05) is 36.2 Å². The van der Waals surface area contributed by atoms with Gasteiger partial charge in [0.1, 0.15) is 0 Å². The van der Waals surface area contributed by atoms with Gasteiger partial charge in [-0.25, -0.2) is 0 Å². The Labute approximate surface area is 135 Å². The molecule has 3 N–H and O–H groups in total. The van der Waals surface area contributed by atoms with E-state index in [0.717, 1.165) is 24.4 Å². The van der Waals surface area contributed by atoms with Crippen molar-refractivity contribution >= 4 is 23.4 Å². The molecule has 0 saturated heterocycles. The number of nitrogens with two attached hydrogens (primary N) is 1. The zero-order valence-corrected chi connectivity index (χ0v) is 13.9. The summed E-state index contributed by atoms with van der Waals surface area (Å²) in [6, 6.07) is 8.44. The highest BCUT2D eigenvalue weighted by atomic mass is 35.5. The second-order valence-corrected chi connectivity index (χ2v) is 6.44. The number of halogens is 1. The van der Waals surface area contributed by atoms with E-state index in [0.29, 0.717) is 5.02 Å². The molecule has 0 aliphatic carbocycles. The quantitative estimate of drug-likeness (QED) is 0.464. The summed E-state index contributed by atoms with van der Waals surface area (Å²) in [6.07, 6.45) is 2.70. The summed E-state index contributed by atoms with van der Waals surface area (Å²) in [5.41, 5.74) is 5.08. The third kappa shape index (κ3) is 4.23. The van der Waals surface area contributed by atoms with Crippen molar-refractivity contribution in [2.45, 2.75) is 37.8 Å². The monoisotopic (exact) mass is 324 g/mol. The molecule has 1 aromatic heterocycles. The van der Waals surface area contributed by atoms with Crippen LogP contribution in [0.3, 0.4) is 0 Å². The van der Waals surface area contributed by atoms with E-state index in [-0.39, 0.29) is 6.04 Å². The van der Waals surface area contributed by atoms with Gasteiger partial charge in [-0.3, -0.25) is 16.0 Å². The van der Waals surface area contributed by atoms with Crippen LogP contribution in [0.15, 0.2) is 35.4 Å². The molecule has 2 rings (SSSR count). The van der Waals surface area contributed by atoms with E-state index in [1.807, 2.05) is 4.68 Å². The minimum absolute atomic E-state index is 0.0298. The highest BCUT2D eigenvalue weighted by Gasteiger charge is 2.19. The second kappa shape index (κ2) is 7.84. The highest BCUT2D eigenvalue weighted by Crippen LogP contribution is 2.28. The SMILES string of the molecule is CCCn1ncc(Cl)c1C(CSc1ccc(C)cc1)NN. The zero-order valence-electron chi connectivity index (χ0n) is 12.3. The molecule has 4 nitrogen and oxygen atoms in total. The molecule has 0 bridgehead atoms. The Morgan fingerprint density at radius 1 is 1.38 bits per heavy atom. The minimum Gasteiger partial charge on any atom is -0.271 e. The van der Waals surface area contributed by atoms with Gasteiger partial charge in [-0.2, -0.15) is 5.10 Å². The summed E-state index contributed by atoms with van der Waals surface area (Å²) in [5.74, 6) is 6.52. The van der Waals surface area contributed by atoms with Crippen LogP contribution in [0.25, 0.3) is 0 Å². The molecule has 2 aromatic rings. The normalized spacial score (nSPS) is 12.6. The predicted molar refractivity (Wildman–Crippen MR) is 89.5 cm³/mol. The smallest absolute Gasteiger partial charge is 0.0834 e. The molecule has 21 heavy (non-hydrogen) atoms. The van der Waals surface area contributed by atoms with Crippen LogP contribution in [-0.2, 0) is 6.54 Å². The first kappa shape index (κ1) is 16.4. The first-order valence-corrected chi connectivity index (χ1v) is 8.38. The first-order chi connectivity index (χ1) is 10.2. The molecule has 0 spiro atoms. The second-order valence-electron chi connectivity index (χ2n) is 4.94. The predicted octanol–water partition coefficient (Wildman–Crippen LogP) is 3.55. The van der Waals surface area contributed by atoms with Crippen LogP contribution in [0.4, 0.5) is 0 Å². The van der Waals surface area contributed by atoms with Crippen molar-refractivity contribution in [1.82, 2.24) is 15.2 Å². The maximum absolute atomic E-state index is 6.27. The van der Waals surface area contributed by atoms with Crippen LogP contribution in [0.1, 0.15) is 30.6 Å². The van der Waals surface area contributed by atoms with Crippen LogP contribution < -0.4 is 11.3 Å². The summed E-state index contributed by atoms with van der Waals surface area (Å²) in [7, 11) is 0. The number of hydrogen-bond acceptors (Lipinski definition) is 4. The van der Waals surface area contributed by atoms with E-state index in [1.54, 1.807) is 18.0 Å². The number of nitrogens with one attached hydrogen (secondary N) is 1. The van der Waals surface area contributed by atoms with Crippen LogP contribution in [0.5, 0.6) is 0 Å². The van der Waals surface area contributed by atoms with Crippen molar-refractivity contribution in [2.24, 2.45) is 5.84 Å². The lowest BCUT2D eigenvalue weighted by molar-refractivity contribution is 0.509. The molecule has 0 radical (unpaired) electrons. The van der Waals surface area contributed by atoms with Gasteiger partial charge in [0.15, 0.2) is 0 Å². The van der Waals surface area contributed by atoms with Crippen molar-refractivity contribution in [2.75, 3.05) is 5.75 Å². The van der Waals surface area contributed by atoms with Gasteiger partial charge in [-0.15, -0.1) is 11.8 Å². The fourth-order valence-corrected chi connectivity index (χ4v) is 3.34. The van der Waals surface area contributed by atoms with E-state index in [9.17, 15) is 0 Å². The Kier molecular flexibility index (Phi) is 6.11. The number of thioether (sulfide) groups is 1. The number of nitrogens with zero attached hydrogens (tertiary/aromatic N) is 2. The van der Waals surface area contributed by atoms with Gasteiger partial charge >= 0.3 is 0 Å². The standard InChI is InChI=1S/C15H21ClN4S/c1-3-8-20-15(13(16)9-18-20)14(19-17)10-21-12-6-4-11(2)5-7-12/h4-7,9,14,19H,3,8,10,17H2,1-2H3. The Hall–Kier alpha value is -1.01. The molecular weight excluding hydrogens is 304 g/mol. The van der Waals surface area contributed by atoms with E-state index in [1.165, 1.54) is 10.5 Å². The Bertz CT molecular complexity index is 568. The number of aryl methyl sites for hydroxylation is 2. The van der Waals surface area contributed by atoms with Crippen LogP contribution in [-0.4, -0.2) is 15.5 Å². The maximum atomic E-state index is 6.27. The summed E-state index contributed by atoms with van der Waals surface area (Å²) < 4.78 is 1.93. The summed E-state index contributed by atoms with van der Waals surface area (Å²) in [6.45, 7) is 5.04. The molecule has 6 heteroatoms. The molecule has 0 aliphatic rings. The fraction of sp³-hybridized carbons (Fsp3) is 0.400. The van der Waals surface area contributed by atoms with Crippen molar-refractivity contribution in [1.29, 1.82) is 0 Å². The van der Waals surface area contributed by atoms with Crippen molar-refractivity contribution in [3.05, 3.63) is 46.7 Å². The third-order valence-electron chi connectivity index (χ3n) is 3.24. The van der Waals surface area contributed by atoms with Gasteiger partial charge in [0, 0.05) is 17.2 Å².